The summed E-state index contributed by atoms with van der Waals surface area (Å²) in [7, 11) is 0. The second kappa shape index (κ2) is 9.41. The minimum absolute atomic E-state index is 0.0412. The van der Waals surface area contributed by atoms with Crippen LogP contribution in [0.15, 0.2) is 48.5 Å². The summed E-state index contributed by atoms with van der Waals surface area (Å²) < 4.78 is 5.07. The monoisotopic (exact) mass is 481 g/mol. The van der Waals surface area contributed by atoms with Crippen LogP contribution in [0, 0.1) is 10.1 Å². The van der Waals surface area contributed by atoms with Crippen LogP contribution < -0.4 is 15.6 Å². The first-order valence-electron chi connectivity index (χ1n) is 10.9. The summed E-state index contributed by atoms with van der Waals surface area (Å²) >= 11 is 0. The van der Waals surface area contributed by atoms with Crippen LogP contribution >= 0.6 is 0 Å². The highest BCUT2D eigenvalue weighted by Crippen LogP contribution is 2.29. The molecule has 2 saturated heterocycles. The van der Waals surface area contributed by atoms with Gasteiger partial charge in [-0.25, -0.2) is 9.59 Å². The van der Waals surface area contributed by atoms with E-state index in [-0.39, 0.29) is 11.3 Å². The Labute approximate surface area is 199 Å². The number of nitro groups is 1. The molecule has 2 aliphatic heterocycles. The third-order valence-electron chi connectivity index (χ3n) is 5.97. The maximum absolute atomic E-state index is 12.9. The molecule has 2 N–H and O–H groups in total. The lowest BCUT2D eigenvalue weighted by Gasteiger charge is -2.22. The number of nitrogens with zero attached hydrogens (tertiary/aromatic N) is 3. The lowest BCUT2D eigenvalue weighted by molar-refractivity contribution is -0.384. The van der Waals surface area contributed by atoms with E-state index in [0.717, 1.165) is 18.9 Å². The van der Waals surface area contributed by atoms with Gasteiger partial charge in [-0.1, -0.05) is 30.3 Å². The number of nitrogens with one attached hydrogen (secondary N) is 2. The number of imide groups is 1. The number of amides is 4. The Morgan fingerprint density at radius 3 is 2.49 bits per heavy atom. The van der Waals surface area contributed by atoms with E-state index < -0.39 is 40.9 Å². The number of carbonyl (C=O) groups is 4. The van der Waals surface area contributed by atoms with Crippen LogP contribution in [-0.4, -0.2) is 53.4 Å². The number of benzene rings is 2. The molecule has 0 bridgehead atoms. The van der Waals surface area contributed by atoms with Crippen LogP contribution in [0.4, 0.5) is 16.2 Å². The van der Waals surface area contributed by atoms with Crippen LogP contribution in [0.3, 0.4) is 0 Å². The summed E-state index contributed by atoms with van der Waals surface area (Å²) in [6.45, 7) is 2.08. The highest BCUT2D eigenvalue weighted by atomic mass is 16.6. The largest absolute Gasteiger partial charge is 0.452 e. The zero-order chi connectivity index (χ0) is 25.2. The molecule has 0 aromatic heterocycles. The summed E-state index contributed by atoms with van der Waals surface area (Å²) in [5.74, 6) is -2.56. The van der Waals surface area contributed by atoms with E-state index in [2.05, 4.69) is 10.7 Å². The van der Waals surface area contributed by atoms with Crippen molar-refractivity contribution < 1.29 is 28.8 Å². The topological polar surface area (TPSA) is 151 Å². The van der Waals surface area contributed by atoms with E-state index in [9.17, 15) is 29.3 Å². The molecule has 4 amide bonds. The van der Waals surface area contributed by atoms with Crippen molar-refractivity contribution in [2.45, 2.75) is 25.3 Å². The van der Waals surface area contributed by atoms with Crippen LogP contribution in [0.25, 0.3) is 0 Å². The number of nitro benzene ring substituents is 1. The predicted molar refractivity (Wildman–Crippen MR) is 122 cm³/mol. The first kappa shape index (κ1) is 23.7. The Morgan fingerprint density at radius 1 is 1.14 bits per heavy atom. The Kier molecular flexibility index (Phi) is 6.36. The van der Waals surface area contributed by atoms with Gasteiger partial charge in [0, 0.05) is 25.2 Å². The zero-order valence-corrected chi connectivity index (χ0v) is 18.9. The molecular formula is C23H23N5O7. The number of ether oxygens (including phenoxy) is 1. The molecule has 1 atom stereocenters. The van der Waals surface area contributed by atoms with Gasteiger partial charge in [-0.05, 0) is 31.4 Å². The number of hydrogen-bond acceptors (Lipinski definition) is 8. The third-order valence-corrected chi connectivity index (χ3v) is 5.97. The van der Waals surface area contributed by atoms with Crippen molar-refractivity contribution >= 4 is 35.2 Å². The maximum Gasteiger partial charge on any atom is 0.344 e. The Balaban J connectivity index is 1.43. The highest BCUT2D eigenvalue weighted by Gasteiger charge is 2.50. The van der Waals surface area contributed by atoms with Crippen molar-refractivity contribution in [2.75, 3.05) is 24.6 Å². The van der Waals surface area contributed by atoms with Crippen LogP contribution in [0.2, 0.25) is 0 Å². The molecule has 2 fully saturated rings. The maximum atomic E-state index is 12.9. The van der Waals surface area contributed by atoms with Gasteiger partial charge in [-0.3, -0.25) is 25.1 Å². The first-order valence-corrected chi connectivity index (χ1v) is 10.9. The number of hydrogen-bond donors (Lipinski definition) is 2. The van der Waals surface area contributed by atoms with Crippen LogP contribution in [0.1, 0.15) is 35.7 Å². The van der Waals surface area contributed by atoms with Gasteiger partial charge in [-0.15, -0.1) is 0 Å². The van der Waals surface area contributed by atoms with Gasteiger partial charge in [0.05, 0.1) is 16.2 Å². The second-order valence-corrected chi connectivity index (χ2v) is 8.33. The van der Waals surface area contributed by atoms with Gasteiger partial charge in [0.25, 0.3) is 17.5 Å². The smallest absolute Gasteiger partial charge is 0.344 e. The fraction of sp³-hybridized carbons (Fsp3) is 0.304. The van der Waals surface area contributed by atoms with Crippen molar-refractivity contribution in [1.29, 1.82) is 0 Å². The van der Waals surface area contributed by atoms with Crippen molar-refractivity contribution in [3.63, 3.8) is 0 Å². The van der Waals surface area contributed by atoms with Crippen molar-refractivity contribution in [1.82, 2.24) is 15.8 Å². The molecule has 4 rings (SSSR count). The minimum atomic E-state index is -1.38. The summed E-state index contributed by atoms with van der Waals surface area (Å²) in [6.07, 6.45) is 1.84. The molecule has 0 spiro atoms. The molecule has 0 aliphatic carbocycles. The van der Waals surface area contributed by atoms with Crippen molar-refractivity contribution in [3.8, 4) is 0 Å². The summed E-state index contributed by atoms with van der Waals surface area (Å²) in [6, 6.07) is 11.6. The summed E-state index contributed by atoms with van der Waals surface area (Å²) in [5.41, 5.74) is 1.45. The van der Waals surface area contributed by atoms with Gasteiger partial charge >= 0.3 is 12.0 Å². The van der Waals surface area contributed by atoms with Crippen molar-refractivity contribution in [3.05, 3.63) is 69.8 Å². The van der Waals surface area contributed by atoms with Gasteiger partial charge in [0.2, 0.25) is 0 Å². The van der Waals surface area contributed by atoms with E-state index in [0.29, 0.717) is 29.3 Å². The molecule has 35 heavy (non-hydrogen) atoms. The molecule has 1 unspecified atom stereocenters. The normalized spacial score (nSPS) is 19.5. The van der Waals surface area contributed by atoms with E-state index in [1.807, 2.05) is 4.90 Å². The van der Waals surface area contributed by atoms with Gasteiger partial charge < -0.3 is 15.0 Å². The Morgan fingerprint density at radius 2 is 1.83 bits per heavy atom. The third kappa shape index (κ3) is 4.63. The standard InChI is InChI=1S/C23H23N5O7/c1-23(15-7-3-2-4-8-15)21(31)27(22(32)24-23)25-19(29)14-35-20(30)17-13-16(28(33)34)9-10-18(17)26-11-5-6-12-26/h2-4,7-10,13H,5-6,11-12,14H2,1H3,(H,24,32)(H,25,29). The molecule has 0 saturated carbocycles. The lowest BCUT2D eigenvalue weighted by Crippen LogP contribution is -2.49. The fourth-order valence-corrected chi connectivity index (χ4v) is 4.11. The number of anilines is 1. The predicted octanol–water partition coefficient (Wildman–Crippen LogP) is 1.85. The van der Waals surface area contributed by atoms with E-state index in [4.69, 9.17) is 4.74 Å². The number of esters is 1. The first-order chi connectivity index (χ1) is 16.7. The van der Waals surface area contributed by atoms with E-state index in [1.54, 1.807) is 30.3 Å². The van der Waals surface area contributed by atoms with E-state index in [1.165, 1.54) is 19.1 Å². The minimum Gasteiger partial charge on any atom is -0.452 e. The van der Waals surface area contributed by atoms with Gasteiger partial charge in [0.15, 0.2) is 6.61 Å². The van der Waals surface area contributed by atoms with Crippen LogP contribution in [-0.2, 0) is 19.9 Å². The molecular weight excluding hydrogens is 458 g/mol. The number of rotatable bonds is 7. The number of hydrazine groups is 1. The molecule has 2 aromatic carbocycles. The molecule has 12 nitrogen and oxygen atoms in total. The number of carbonyl (C=O) groups excluding carboxylic acids is 4. The second-order valence-electron chi connectivity index (χ2n) is 8.33. The quantitative estimate of drug-likeness (QED) is 0.263. The van der Waals surface area contributed by atoms with Crippen LogP contribution in [0.5, 0.6) is 0 Å². The lowest BCUT2D eigenvalue weighted by atomic mass is 9.92. The molecule has 182 valence electrons. The number of urea groups is 1. The fourth-order valence-electron chi connectivity index (χ4n) is 4.11. The molecule has 2 aliphatic rings. The molecule has 2 aromatic rings. The molecule has 2 heterocycles. The van der Waals surface area contributed by atoms with E-state index >= 15 is 0 Å². The summed E-state index contributed by atoms with van der Waals surface area (Å²) in [4.78, 5) is 62.9. The van der Waals surface area contributed by atoms with Crippen molar-refractivity contribution in [2.24, 2.45) is 0 Å². The SMILES string of the molecule is CC1(c2ccccc2)NC(=O)N(NC(=O)COC(=O)c2cc([N+](=O)[O-])ccc2N2CCCC2)C1=O. The Bertz CT molecular complexity index is 1200. The molecule has 12 heteroatoms. The van der Waals surface area contributed by atoms with Gasteiger partial charge in [-0.2, -0.15) is 5.01 Å². The molecule has 0 radical (unpaired) electrons. The van der Waals surface area contributed by atoms with Gasteiger partial charge in [0.1, 0.15) is 5.54 Å². The zero-order valence-electron chi connectivity index (χ0n) is 18.9. The number of non-ortho nitro benzene ring substituents is 1. The summed E-state index contributed by atoms with van der Waals surface area (Å²) in [5, 5.41) is 14.3. The average Bonchev–Trinajstić information content (AvgIpc) is 3.46. The average molecular weight is 481 g/mol. The Hall–Kier alpha value is -4.48. The highest BCUT2D eigenvalue weighted by molar-refractivity contribution is 6.08.